The second-order valence-corrected chi connectivity index (χ2v) is 7.30. The molecule has 122 valence electrons. The van der Waals surface area contributed by atoms with Crippen molar-refractivity contribution in [2.75, 3.05) is 0 Å². The second-order valence-electron chi connectivity index (χ2n) is 7.30. The predicted molar refractivity (Wildman–Crippen MR) is 81.8 cm³/mol. The van der Waals surface area contributed by atoms with E-state index in [0.29, 0.717) is 0 Å². The average Bonchev–Trinajstić information content (AvgIpc) is 2.87. The van der Waals surface area contributed by atoms with E-state index in [1.54, 1.807) is 0 Å². The molecule has 0 radical (unpaired) electrons. The van der Waals surface area contributed by atoms with Crippen LogP contribution in [-0.2, 0) is 19.1 Å². The summed E-state index contributed by atoms with van der Waals surface area (Å²) in [6.07, 6.45) is 4.68. The van der Waals surface area contributed by atoms with Gasteiger partial charge in [-0.25, -0.2) is 0 Å². The third-order valence-corrected chi connectivity index (χ3v) is 4.59. The average molecular weight is 298 g/mol. The molecule has 0 heterocycles. The first-order valence-corrected chi connectivity index (χ1v) is 8.01. The molecule has 4 nitrogen and oxygen atoms in total. The SMILES string of the molecule is CCC(C)(C)C(=O)OC(C1CCCC1)C(C)(C)OC(C)=O. The van der Waals surface area contributed by atoms with Gasteiger partial charge in [-0.3, -0.25) is 9.59 Å². The van der Waals surface area contributed by atoms with Gasteiger partial charge in [0.05, 0.1) is 5.41 Å². The van der Waals surface area contributed by atoms with Crippen molar-refractivity contribution in [2.45, 2.75) is 85.4 Å². The molecule has 1 unspecified atom stereocenters. The van der Waals surface area contributed by atoms with E-state index in [4.69, 9.17) is 9.47 Å². The van der Waals surface area contributed by atoms with Crippen LogP contribution in [0.1, 0.15) is 73.6 Å². The molecule has 4 heteroatoms. The number of hydrogen-bond donors (Lipinski definition) is 0. The molecule has 1 aliphatic carbocycles. The third kappa shape index (κ3) is 4.72. The van der Waals surface area contributed by atoms with Gasteiger partial charge < -0.3 is 9.47 Å². The van der Waals surface area contributed by atoms with E-state index in [9.17, 15) is 9.59 Å². The first kappa shape index (κ1) is 18.0. The zero-order valence-electron chi connectivity index (χ0n) is 14.3. The van der Waals surface area contributed by atoms with E-state index < -0.39 is 11.0 Å². The van der Waals surface area contributed by atoms with Crippen molar-refractivity contribution in [3.05, 3.63) is 0 Å². The molecule has 0 aromatic rings. The number of ether oxygens (including phenoxy) is 2. The molecular formula is C17H30O4. The lowest BCUT2D eigenvalue weighted by Crippen LogP contribution is -2.48. The molecule has 1 fully saturated rings. The molecule has 0 aromatic heterocycles. The maximum atomic E-state index is 12.4. The van der Waals surface area contributed by atoms with Crippen LogP contribution in [0.2, 0.25) is 0 Å². The molecule has 0 saturated heterocycles. The van der Waals surface area contributed by atoms with Crippen LogP contribution in [0.3, 0.4) is 0 Å². The van der Waals surface area contributed by atoms with Crippen LogP contribution < -0.4 is 0 Å². The van der Waals surface area contributed by atoms with Crippen LogP contribution in [0.4, 0.5) is 0 Å². The monoisotopic (exact) mass is 298 g/mol. The Bertz CT molecular complexity index is 378. The molecule has 21 heavy (non-hydrogen) atoms. The van der Waals surface area contributed by atoms with Gasteiger partial charge in [0.1, 0.15) is 11.7 Å². The van der Waals surface area contributed by atoms with Crippen molar-refractivity contribution < 1.29 is 19.1 Å². The fourth-order valence-corrected chi connectivity index (χ4v) is 2.91. The van der Waals surface area contributed by atoms with Gasteiger partial charge in [-0.05, 0) is 52.9 Å². The largest absolute Gasteiger partial charge is 0.457 e. The smallest absolute Gasteiger partial charge is 0.311 e. The van der Waals surface area contributed by atoms with Gasteiger partial charge in [0.15, 0.2) is 0 Å². The highest BCUT2D eigenvalue weighted by molar-refractivity contribution is 5.76. The maximum Gasteiger partial charge on any atom is 0.311 e. The van der Waals surface area contributed by atoms with Crippen molar-refractivity contribution in [2.24, 2.45) is 11.3 Å². The Morgan fingerprint density at radius 2 is 1.67 bits per heavy atom. The van der Waals surface area contributed by atoms with Crippen LogP contribution in [0.5, 0.6) is 0 Å². The van der Waals surface area contributed by atoms with E-state index in [2.05, 4.69) is 0 Å². The Balaban J connectivity index is 2.92. The van der Waals surface area contributed by atoms with E-state index in [-0.39, 0.29) is 24.0 Å². The highest BCUT2D eigenvalue weighted by atomic mass is 16.6. The van der Waals surface area contributed by atoms with Gasteiger partial charge in [-0.1, -0.05) is 19.8 Å². The molecular weight excluding hydrogens is 268 g/mol. The van der Waals surface area contributed by atoms with Crippen LogP contribution in [-0.4, -0.2) is 23.6 Å². The summed E-state index contributed by atoms with van der Waals surface area (Å²) in [7, 11) is 0. The zero-order chi connectivity index (χ0) is 16.3. The van der Waals surface area contributed by atoms with Crippen LogP contribution in [0.15, 0.2) is 0 Å². The van der Waals surface area contributed by atoms with Gasteiger partial charge in [-0.2, -0.15) is 0 Å². The lowest BCUT2D eigenvalue weighted by molar-refractivity contribution is -0.191. The van der Waals surface area contributed by atoms with E-state index in [1.165, 1.54) is 6.92 Å². The molecule has 1 saturated carbocycles. The van der Waals surface area contributed by atoms with Crippen molar-refractivity contribution >= 4 is 11.9 Å². The van der Waals surface area contributed by atoms with Crippen LogP contribution in [0.25, 0.3) is 0 Å². The molecule has 0 aromatic carbocycles. The number of rotatable bonds is 6. The minimum absolute atomic E-state index is 0.206. The van der Waals surface area contributed by atoms with Crippen molar-refractivity contribution in [3.8, 4) is 0 Å². The Hall–Kier alpha value is -1.06. The predicted octanol–water partition coefficient (Wildman–Crippen LogP) is 3.87. The number of carbonyl (C=O) groups excluding carboxylic acids is 2. The Kier molecular flexibility index (Phi) is 5.83. The summed E-state index contributed by atoms with van der Waals surface area (Å²) in [5, 5.41) is 0. The summed E-state index contributed by atoms with van der Waals surface area (Å²) in [6, 6.07) is 0. The topological polar surface area (TPSA) is 52.6 Å². The maximum absolute atomic E-state index is 12.4. The minimum Gasteiger partial charge on any atom is -0.457 e. The summed E-state index contributed by atoms with van der Waals surface area (Å²) in [6.45, 7) is 10.8. The summed E-state index contributed by atoms with van der Waals surface area (Å²) >= 11 is 0. The summed E-state index contributed by atoms with van der Waals surface area (Å²) in [5.74, 6) is -0.271. The summed E-state index contributed by atoms with van der Waals surface area (Å²) < 4.78 is 11.3. The lowest BCUT2D eigenvalue weighted by Gasteiger charge is -2.38. The fourth-order valence-electron chi connectivity index (χ4n) is 2.91. The number of esters is 2. The number of hydrogen-bond acceptors (Lipinski definition) is 4. The molecule has 1 aliphatic rings. The quantitative estimate of drug-likeness (QED) is 0.699. The Labute approximate surface area is 128 Å². The van der Waals surface area contributed by atoms with Gasteiger partial charge in [0, 0.05) is 6.92 Å². The van der Waals surface area contributed by atoms with Crippen LogP contribution in [0, 0.1) is 11.3 Å². The first-order chi connectivity index (χ1) is 9.60. The Morgan fingerprint density at radius 1 is 1.14 bits per heavy atom. The van der Waals surface area contributed by atoms with E-state index in [0.717, 1.165) is 32.1 Å². The van der Waals surface area contributed by atoms with Crippen molar-refractivity contribution in [3.63, 3.8) is 0 Å². The highest BCUT2D eigenvalue weighted by Gasteiger charge is 2.44. The Morgan fingerprint density at radius 3 is 2.10 bits per heavy atom. The van der Waals surface area contributed by atoms with Crippen molar-refractivity contribution in [1.82, 2.24) is 0 Å². The first-order valence-electron chi connectivity index (χ1n) is 8.01. The second kappa shape index (κ2) is 6.80. The third-order valence-electron chi connectivity index (χ3n) is 4.59. The van der Waals surface area contributed by atoms with Gasteiger partial charge >= 0.3 is 11.9 Å². The summed E-state index contributed by atoms with van der Waals surface area (Å²) in [5.41, 5.74) is -1.30. The van der Waals surface area contributed by atoms with Gasteiger partial charge in [0.25, 0.3) is 0 Å². The van der Waals surface area contributed by atoms with Gasteiger partial charge in [0.2, 0.25) is 0 Å². The number of carbonyl (C=O) groups is 2. The van der Waals surface area contributed by atoms with Crippen molar-refractivity contribution in [1.29, 1.82) is 0 Å². The fraction of sp³-hybridized carbons (Fsp3) is 0.882. The minimum atomic E-state index is -0.791. The molecule has 1 rings (SSSR count). The molecule has 0 bridgehead atoms. The standard InChI is InChI=1S/C17H30O4/c1-7-16(3,4)15(19)20-14(13-10-8-9-11-13)17(5,6)21-12(2)18/h13-14H,7-11H2,1-6H3. The lowest BCUT2D eigenvalue weighted by atomic mass is 9.86. The van der Waals surface area contributed by atoms with Crippen LogP contribution >= 0.6 is 0 Å². The van der Waals surface area contributed by atoms with E-state index in [1.807, 2.05) is 34.6 Å². The van der Waals surface area contributed by atoms with Gasteiger partial charge in [-0.15, -0.1) is 0 Å². The normalized spacial score (nSPS) is 18.4. The molecule has 0 aliphatic heterocycles. The molecule has 0 amide bonds. The molecule has 1 atom stereocenters. The zero-order valence-corrected chi connectivity index (χ0v) is 14.3. The van der Waals surface area contributed by atoms with E-state index >= 15 is 0 Å². The molecule has 0 spiro atoms. The molecule has 0 N–H and O–H groups in total. The summed E-state index contributed by atoms with van der Waals surface area (Å²) in [4.78, 5) is 23.8. The highest BCUT2D eigenvalue weighted by Crippen LogP contribution is 2.37.